The Bertz CT molecular complexity index is 460. The Balaban J connectivity index is 2.38. The number of carboxylic acid groups (broad SMARTS) is 1. The number of benzene rings is 1. The molecule has 0 aliphatic heterocycles. The van der Waals surface area contributed by atoms with Gasteiger partial charge in [0.25, 0.3) is 0 Å². The van der Waals surface area contributed by atoms with Gasteiger partial charge < -0.3 is 15.7 Å². The minimum Gasteiger partial charge on any atom is -0.480 e. The Morgan fingerprint density at radius 3 is 2.24 bits per heavy atom. The summed E-state index contributed by atoms with van der Waals surface area (Å²) in [5.41, 5.74) is 1.22. The van der Waals surface area contributed by atoms with Crippen LogP contribution in [0.3, 0.4) is 0 Å². The quantitative estimate of drug-likeness (QED) is 0.722. The maximum absolute atomic E-state index is 11.8. The summed E-state index contributed by atoms with van der Waals surface area (Å²) in [5.74, 6) is -1.18. The number of nitrogens with one attached hydrogen (secondary N) is 2. The van der Waals surface area contributed by atoms with Crippen LogP contribution in [0, 0.1) is 5.92 Å². The van der Waals surface area contributed by atoms with Crippen LogP contribution in [0.25, 0.3) is 0 Å². The second-order valence-electron chi connectivity index (χ2n) is 5.60. The molecule has 0 saturated carbocycles. The van der Waals surface area contributed by atoms with Gasteiger partial charge in [-0.05, 0) is 31.2 Å². The third-order valence-electron chi connectivity index (χ3n) is 3.31. The summed E-state index contributed by atoms with van der Waals surface area (Å²) in [6.07, 6.45) is 1.67. The van der Waals surface area contributed by atoms with Gasteiger partial charge in [-0.3, -0.25) is 0 Å². The lowest BCUT2D eigenvalue weighted by Crippen LogP contribution is -2.50. The fourth-order valence-corrected chi connectivity index (χ4v) is 2.02. The van der Waals surface area contributed by atoms with E-state index >= 15 is 0 Å². The van der Waals surface area contributed by atoms with Crippen molar-refractivity contribution in [3.05, 3.63) is 35.9 Å². The van der Waals surface area contributed by atoms with Gasteiger partial charge in [-0.2, -0.15) is 0 Å². The molecule has 116 valence electrons. The van der Waals surface area contributed by atoms with Gasteiger partial charge in [0.15, 0.2) is 0 Å². The molecular formula is C16H24N2O3. The SMILES string of the molecule is CC(C)[C@H](NC(=O)N[C@H](C)CCc1ccccc1)C(=O)O. The van der Waals surface area contributed by atoms with Crippen LogP contribution in [0.15, 0.2) is 30.3 Å². The Morgan fingerprint density at radius 1 is 1.10 bits per heavy atom. The van der Waals surface area contributed by atoms with E-state index in [1.165, 1.54) is 5.56 Å². The van der Waals surface area contributed by atoms with E-state index in [-0.39, 0.29) is 12.0 Å². The van der Waals surface area contributed by atoms with E-state index in [1.54, 1.807) is 13.8 Å². The summed E-state index contributed by atoms with van der Waals surface area (Å²) < 4.78 is 0. The average molecular weight is 292 g/mol. The van der Waals surface area contributed by atoms with Gasteiger partial charge in [0.2, 0.25) is 0 Å². The molecule has 3 N–H and O–H groups in total. The van der Waals surface area contributed by atoms with Crippen molar-refractivity contribution in [1.82, 2.24) is 10.6 Å². The molecule has 0 aliphatic carbocycles. The maximum Gasteiger partial charge on any atom is 0.326 e. The first-order chi connectivity index (χ1) is 9.90. The molecule has 0 fully saturated rings. The van der Waals surface area contributed by atoms with Gasteiger partial charge in [-0.25, -0.2) is 9.59 Å². The first-order valence-corrected chi connectivity index (χ1v) is 7.24. The van der Waals surface area contributed by atoms with Crippen LogP contribution in [0.1, 0.15) is 32.8 Å². The van der Waals surface area contributed by atoms with E-state index in [0.717, 1.165) is 12.8 Å². The van der Waals surface area contributed by atoms with Crippen LogP contribution in [0.4, 0.5) is 4.79 Å². The van der Waals surface area contributed by atoms with E-state index < -0.39 is 18.0 Å². The van der Waals surface area contributed by atoms with Crippen LogP contribution in [-0.4, -0.2) is 29.2 Å². The molecule has 0 bridgehead atoms. The Hall–Kier alpha value is -2.04. The Kier molecular flexibility index (Phi) is 6.72. The number of amides is 2. The number of rotatable bonds is 7. The molecule has 1 aromatic rings. The molecule has 0 radical (unpaired) electrons. The number of carbonyl (C=O) groups excluding carboxylic acids is 1. The normalized spacial score (nSPS) is 13.5. The van der Waals surface area contributed by atoms with Crippen LogP contribution in [0.5, 0.6) is 0 Å². The predicted molar refractivity (Wildman–Crippen MR) is 82.2 cm³/mol. The summed E-state index contributed by atoms with van der Waals surface area (Å²) in [7, 11) is 0. The monoisotopic (exact) mass is 292 g/mol. The van der Waals surface area contributed by atoms with Crippen molar-refractivity contribution in [1.29, 1.82) is 0 Å². The van der Waals surface area contributed by atoms with Crippen molar-refractivity contribution < 1.29 is 14.7 Å². The first-order valence-electron chi connectivity index (χ1n) is 7.24. The summed E-state index contributed by atoms with van der Waals surface area (Å²) in [6.45, 7) is 5.43. The molecule has 2 atom stereocenters. The van der Waals surface area contributed by atoms with E-state index in [4.69, 9.17) is 5.11 Å². The summed E-state index contributed by atoms with van der Waals surface area (Å²) in [5, 5.41) is 14.3. The zero-order chi connectivity index (χ0) is 15.8. The summed E-state index contributed by atoms with van der Waals surface area (Å²) in [4.78, 5) is 22.8. The molecule has 0 heterocycles. The zero-order valence-electron chi connectivity index (χ0n) is 12.8. The summed E-state index contributed by atoms with van der Waals surface area (Å²) in [6, 6.07) is 8.71. The minimum absolute atomic E-state index is 0.0215. The molecule has 21 heavy (non-hydrogen) atoms. The highest BCUT2D eigenvalue weighted by atomic mass is 16.4. The van der Waals surface area contributed by atoms with E-state index in [0.29, 0.717) is 0 Å². The van der Waals surface area contributed by atoms with Gasteiger partial charge >= 0.3 is 12.0 Å². The predicted octanol–water partition coefficient (Wildman–Crippen LogP) is 2.42. The smallest absolute Gasteiger partial charge is 0.326 e. The molecule has 0 aromatic heterocycles. The fraction of sp³-hybridized carbons (Fsp3) is 0.500. The van der Waals surface area contributed by atoms with Gasteiger partial charge in [-0.1, -0.05) is 44.2 Å². The molecule has 5 nitrogen and oxygen atoms in total. The lowest BCUT2D eigenvalue weighted by atomic mass is 10.0. The van der Waals surface area contributed by atoms with Crippen LogP contribution in [-0.2, 0) is 11.2 Å². The van der Waals surface area contributed by atoms with Crippen molar-refractivity contribution in [3.63, 3.8) is 0 Å². The highest BCUT2D eigenvalue weighted by Crippen LogP contribution is 2.05. The number of hydrogen-bond donors (Lipinski definition) is 3. The molecule has 0 spiro atoms. The minimum atomic E-state index is -1.02. The van der Waals surface area contributed by atoms with Crippen LogP contribution < -0.4 is 10.6 Å². The molecule has 1 aromatic carbocycles. The van der Waals surface area contributed by atoms with Crippen molar-refractivity contribution in [2.75, 3.05) is 0 Å². The van der Waals surface area contributed by atoms with Gasteiger partial charge in [0.05, 0.1) is 0 Å². The van der Waals surface area contributed by atoms with E-state index in [2.05, 4.69) is 10.6 Å². The fourth-order valence-electron chi connectivity index (χ4n) is 2.02. The lowest BCUT2D eigenvalue weighted by molar-refractivity contribution is -0.140. The molecular weight excluding hydrogens is 268 g/mol. The standard InChI is InChI=1S/C16H24N2O3/c1-11(2)14(15(19)20)18-16(21)17-12(3)9-10-13-7-5-4-6-8-13/h4-8,11-12,14H,9-10H2,1-3H3,(H,19,20)(H2,17,18,21)/t12-,14+/m1/s1. The van der Waals surface area contributed by atoms with E-state index in [1.807, 2.05) is 37.3 Å². The van der Waals surface area contributed by atoms with E-state index in [9.17, 15) is 9.59 Å². The van der Waals surface area contributed by atoms with Crippen molar-refractivity contribution in [3.8, 4) is 0 Å². The number of aliphatic carboxylic acids is 1. The maximum atomic E-state index is 11.8. The topological polar surface area (TPSA) is 78.4 Å². The molecule has 1 rings (SSSR count). The zero-order valence-corrected chi connectivity index (χ0v) is 12.8. The second kappa shape index (κ2) is 8.29. The largest absolute Gasteiger partial charge is 0.480 e. The number of carbonyl (C=O) groups is 2. The summed E-state index contributed by atoms with van der Waals surface area (Å²) >= 11 is 0. The number of urea groups is 1. The molecule has 5 heteroatoms. The molecule has 0 unspecified atom stereocenters. The van der Waals surface area contributed by atoms with Crippen LogP contribution >= 0.6 is 0 Å². The van der Waals surface area contributed by atoms with Crippen LogP contribution in [0.2, 0.25) is 0 Å². The Morgan fingerprint density at radius 2 is 1.71 bits per heavy atom. The van der Waals surface area contributed by atoms with Crippen molar-refractivity contribution in [2.24, 2.45) is 5.92 Å². The number of hydrogen-bond acceptors (Lipinski definition) is 2. The average Bonchev–Trinajstić information content (AvgIpc) is 2.43. The highest BCUT2D eigenvalue weighted by Gasteiger charge is 2.23. The number of aryl methyl sites for hydroxylation is 1. The number of carboxylic acids is 1. The molecule has 0 aliphatic rings. The molecule has 2 amide bonds. The van der Waals surface area contributed by atoms with Gasteiger partial charge in [0.1, 0.15) is 6.04 Å². The third-order valence-corrected chi connectivity index (χ3v) is 3.31. The highest BCUT2D eigenvalue weighted by molar-refractivity contribution is 5.82. The van der Waals surface area contributed by atoms with Gasteiger partial charge in [-0.15, -0.1) is 0 Å². The molecule has 0 saturated heterocycles. The van der Waals surface area contributed by atoms with Crippen molar-refractivity contribution >= 4 is 12.0 Å². The third kappa shape index (κ3) is 6.29. The van der Waals surface area contributed by atoms with Gasteiger partial charge in [0, 0.05) is 6.04 Å². The lowest BCUT2D eigenvalue weighted by Gasteiger charge is -2.20. The van der Waals surface area contributed by atoms with Crippen molar-refractivity contribution in [2.45, 2.75) is 45.7 Å². The first kappa shape index (κ1) is 17.0. The Labute approximate surface area is 125 Å². The second-order valence-corrected chi connectivity index (χ2v) is 5.60.